The lowest BCUT2D eigenvalue weighted by atomic mass is 9.91. The van der Waals surface area contributed by atoms with Crippen molar-refractivity contribution >= 4 is 11.6 Å². The van der Waals surface area contributed by atoms with Crippen LogP contribution in [-0.4, -0.2) is 30.1 Å². The van der Waals surface area contributed by atoms with Gasteiger partial charge in [-0.25, -0.2) is 13.2 Å². The lowest BCUT2D eigenvalue weighted by Crippen LogP contribution is -2.46. The molecule has 9 heteroatoms. The molecule has 1 aliphatic heterocycles. The Hall–Kier alpha value is -4.03. The van der Waals surface area contributed by atoms with Gasteiger partial charge in [-0.05, 0) is 66.8 Å². The maximum absolute atomic E-state index is 14.3. The van der Waals surface area contributed by atoms with Crippen molar-refractivity contribution in [3.8, 4) is 18.1 Å². The molecule has 6 nitrogen and oxygen atoms in total. The number of nitrogens with one attached hydrogen (secondary N) is 1. The Labute approximate surface area is 225 Å². The first-order valence-corrected chi connectivity index (χ1v) is 12.5. The van der Waals surface area contributed by atoms with Gasteiger partial charge in [-0.2, -0.15) is 0 Å². The zero-order valence-electron chi connectivity index (χ0n) is 22.3. The topological polar surface area (TPSA) is 88.4 Å². The average Bonchev–Trinajstić information content (AvgIpc) is 3.12. The number of aromatic nitrogens is 1. The fourth-order valence-corrected chi connectivity index (χ4v) is 5.07. The van der Waals surface area contributed by atoms with Gasteiger partial charge in [0.05, 0.1) is 11.7 Å². The number of nitrogens with two attached hydrogens (primary N) is 1. The van der Waals surface area contributed by atoms with E-state index in [9.17, 15) is 22.8 Å². The standard InChI is InChI=1S/C30H30F3N3O3/c1-6-7-39-20-8-16(2)21(17(3)9-20)13-25(34)29(38)36-15-30(4,5)27-26(36)12-19(28(37)35-27)10-18-11-23(32)24(33)14-22(18)31/h1,8-9,11-12,14,25H,7,10,13,15,34H2,2-5H3,(H,35,37)/t25-/m0/s1. The number of pyridine rings is 1. The highest BCUT2D eigenvalue weighted by molar-refractivity contribution is 5.99. The molecule has 39 heavy (non-hydrogen) atoms. The van der Waals surface area contributed by atoms with Crippen LogP contribution in [0.25, 0.3) is 0 Å². The van der Waals surface area contributed by atoms with Crippen LogP contribution in [0.3, 0.4) is 0 Å². The second kappa shape index (κ2) is 10.6. The summed E-state index contributed by atoms with van der Waals surface area (Å²) in [7, 11) is 0. The van der Waals surface area contributed by atoms with Crippen molar-refractivity contribution < 1.29 is 22.7 Å². The maximum Gasteiger partial charge on any atom is 0.251 e. The van der Waals surface area contributed by atoms with Gasteiger partial charge in [0.2, 0.25) is 5.91 Å². The highest BCUT2D eigenvalue weighted by Gasteiger charge is 2.41. The molecule has 0 saturated heterocycles. The molecule has 0 radical (unpaired) electrons. The quantitative estimate of drug-likeness (QED) is 0.349. The molecule has 3 N–H and O–H groups in total. The third kappa shape index (κ3) is 5.57. The first-order chi connectivity index (χ1) is 18.3. The highest BCUT2D eigenvalue weighted by atomic mass is 19.2. The lowest BCUT2D eigenvalue weighted by Gasteiger charge is -2.24. The van der Waals surface area contributed by atoms with Crippen LogP contribution in [0.4, 0.5) is 18.9 Å². The zero-order chi connectivity index (χ0) is 28.6. The molecule has 0 aliphatic carbocycles. The smallest absolute Gasteiger partial charge is 0.251 e. The number of carbonyl (C=O) groups excluding carboxylic acids is 1. The summed E-state index contributed by atoms with van der Waals surface area (Å²) in [5, 5.41) is 0. The van der Waals surface area contributed by atoms with Crippen LogP contribution in [-0.2, 0) is 23.1 Å². The van der Waals surface area contributed by atoms with Crippen molar-refractivity contribution in [1.82, 2.24) is 4.98 Å². The van der Waals surface area contributed by atoms with Crippen molar-refractivity contribution in [2.45, 2.75) is 52.0 Å². The monoisotopic (exact) mass is 537 g/mol. The number of rotatable bonds is 7. The van der Waals surface area contributed by atoms with E-state index in [2.05, 4.69) is 10.9 Å². The Morgan fingerprint density at radius 3 is 2.38 bits per heavy atom. The Morgan fingerprint density at radius 2 is 1.74 bits per heavy atom. The number of benzene rings is 2. The van der Waals surface area contributed by atoms with E-state index < -0.39 is 34.5 Å². The molecule has 3 aromatic rings. The number of hydrogen-bond acceptors (Lipinski definition) is 4. The van der Waals surface area contributed by atoms with Gasteiger partial charge in [0.15, 0.2) is 11.6 Å². The van der Waals surface area contributed by atoms with Crippen LogP contribution in [0, 0.1) is 43.6 Å². The van der Waals surface area contributed by atoms with Gasteiger partial charge in [-0.3, -0.25) is 9.59 Å². The molecule has 0 fully saturated rings. The van der Waals surface area contributed by atoms with E-state index in [0.29, 0.717) is 23.2 Å². The van der Waals surface area contributed by atoms with Crippen molar-refractivity contribution in [2.24, 2.45) is 5.73 Å². The molecule has 1 amide bonds. The largest absolute Gasteiger partial charge is 0.481 e. The molecule has 0 bridgehead atoms. The molecule has 1 atom stereocenters. The van der Waals surface area contributed by atoms with Crippen LogP contribution in [0.2, 0.25) is 0 Å². The number of fused-ring (bicyclic) bond motifs is 1. The van der Waals surface area contributed by atoms with Gasteiger partial charge in [0.25, 0.3) is 5.56 Å². The van der Waals surface area contributed by atoms with Crippen LogP contribution in [0.15, 0.2) is 35.1 Å². The number of halogens is 3. The maximum atomic E-state index is 14.3. The summed E-state index contributed by atoms with van der Waals surface area (Å²) in [6.45, 7) is 8.00. The van der Waals surface area contributed by atoms with Crippen LogP contribution < -0.4 is 20.9 Å². The Bertz CT molecular complexity index is 1530. The molecule has 1 aromatic heterocycles. The molecule has 204 valence electrons. The van der Waals surface area contributed by atoms with Crippen molar-refractivity contribution in [2.75, 3.05) is 18.1 Å². The first-order valence-electron chi connectivity index (χ1n) is 12.5. The molecule has 2 heterocycles. The summed E-state index contributed by atoms with van der Waals surface area (Å²) < 4.78 is 46.9. The lowest BCUT2D eigenvalue weighted by molar-refractivity contribution is -0.119. The summed E-state index contributed by atoms with van der Waals surface area (Å²) in [5.41, 5.74) is 9.01. The van der Waals surface area contributed by atoms with Gasteiger partial charge >= 0.3 is 0 Å². The van der Waals surface area contributed by atoms with Crippen LogP contribution in [0.5, 0.6) is 5.75 Å². The molecule has 1 aliphatic rings. The molecule has 4 rings (SSSR count). The molecule has 0 spiro atoms. The summed E-state index contributed by atoms with van der Waals surface area (Å²) in [6, 6.07) is 5.48. The summed E-state index contributed by atoms with van der Waals surface area (Å²) in [6.07, 6.45) is 5.26. The van der Waals surface area contributed by atoms with E-state index in [0.717, 1.165) is 22.8 Å². The summed E-state index contributed by atoms with van der Waals surface area (Å²) in [4.78, 5) is 30.8. The van der Waals surface area contributed by atoms with Crippen LogP contribution in [0.1, 0.15) is 47.4 Å². The minimum Gasteiger partial charge on any atom is -0.481 e. The van der Waals surface area contributed by atoms with Crippen molar-refractivity contribution in [1.29, 1.82) is 0 Å². The number of aromatic amines is 1. The van der Waals surface area contributed by atoms with Gasteiger partial charge < -0.3 is 20.4 Å². The van der Waals surface area contributed by atoms with E-state index in [1.165, 1.54) is 11.0 Å². The Kier molecular flexibility index (Phi) is 7.62. The minimum atomic E-state index is -1.31. The summed E-state index contributed by atoms with van der Waals surface area (Å²) >= 11 is 0. The average molecular weight is 538 g/mol. The third-order valence-electron chi connectivity index (χ3n) is 7.09. The number of amides is 1. The minimum absolute atomic E-state index is 0.108. The first kappa shape index (κ1) is 28.0. The number of terminal acetylenes is 1. The van der Waals surface area contributed by atoms with Crippen LogP contribution >= 0.6 is 0 Å². The van der Waals surface area contributed by atoms with E-state index >= 15 is 0 Å². The number of H-pyrrole nitrogens is 1. The van der Waals surface area contributed by atoms with Gasteiger partial charge in [-0.15, -0.1) is 6.42 Å². The molecular formula is C30H30F3N3O3. The van der Waals surface area contributed by atoms with Crippen molar-refractivity contribution in [3.05, 3.63) is 91.6 Å². The highest BCUT2D eigenvalue weighted by Crippen LogP contribution is 2.39. The van der Waals surface area contributed by atoms with E-state index in [1.807, 2.05) is 39.8 Å². The normalized spacial score (nSPS) is 14.6. The second-order valence-electron chi connectivity index (χ2n) is 10.6. The predicted molar refractivity (Wildman–Crippen MR) is 143 cm³/mol. The number of ether oxygens (including phenoxy) is 1. The molecule has 0 unspecified atom stereocenters. The Morgan fingerprint density at radius 1 is 1.10 bits per heavy atom. The number of carbonyl (C=O) groups is 1. The van der Waals surface area contributed by atoms with Gasteiger partial charge in [0, 0.05) is 35.7 Å². The Balaban J connectivity index is 1.63. The number of hydrogen-bond donors (Lipinski definition) is 2. The summed E-state index contributed by atoms with van der Waals surface area (Å²) in [5.74, 6) is -0.775. The third-order valence-corrected chi connectivity index (χ3v) is 7.09. The predicted octanol–water partition coefficient (Wildman–Crippen LogP) is 4.21. The van der Waals surface area contributed by atoms with Gasteiger partial charge in [0.1, 0.15) is 18.2 Å². The molecule has 0 saturated carbocycles. The number of nitrogens with zero attached hydrogens (tertiary/aromatic N) is 1. The number of anilines is 1. The van der Waals surface area contributed by atoms with Gasteiger partial charge in [-0.1, -0.05) is 19.8 Å². The molecular weight excluding hydrogens is 507 g/mol. The molecule has 2 aromatic carbocycles. The van der Waals surface area contributed by atoms with Crippen molar-refractivity contribution in [3.63, 3.8) is 0 Å². The fourth-order valence-electron chi connectivity index (χ4n) is 5.07. The second-order valence-corrected chi connectivity index (χ2v) is 10.6. The number of aryl methyl sites for hydroxylation is 2. The van der Waals surface area contributed by atoms with E-state index in [4.69, 9.17) is 16.9 Å². The van der Waals surface area contributed by atoms with E-state index in [1.54, 1.807) is 0 Å². The zero-order valence-corrected chi connectivity index (χ0v) is 22.3. The SMILES string of the molecule is C#CCOc1cc(C)c(C[C@H](N)C(=O)N2CC(C)(C)c3[nH]c(=O)c(Cc4cc(F)c(F)cc4F)cc32)c(C)c1. The van der Waals surface area contributed by atoms with E-state index in [-0.39, 0.29) is 43.0 Å². The fraction of sp³-hybridized carbons (Fsp3) is 0.333.